The molecular weight excluding hydrogens is 500 g/mol. The van der Waals surface area contributed by atoms with Gasteiger partial charge in [0.2, 0.25) is 0 Å². The molecule has 2 N–H and O–H groups in total. The minimum Gasteiger partial charge on any atom is -0.506 e. The van der Waals surface area contributed by atoms with Gasteiger partial charge in [0.05, 0.1) is 16.8 Å². The quantitative estimate of drug-likeness (QED) is 0.170. The second kappa shape index (κ2) is 10.2. The van der Waals surface area contributed by atoms with Gasteiger partial charge in [-0.15, -0.1) is 0 Å². The lowest BCUT2D eigenvalue weighted by Gasteiger charge is -2.15. The Morgan fingerprint density at radius 2 is 1.78 bits per heavy atom. The molecular formula is C26H17ClF4N2O3. The minimum atomic E-state index is -4.72. The minimum absolute atomic E-state index is 0.0243. The van der Waals surface area contributed by atoms with E-state index in [2.05, 4.69) is 10.5 Å². The van der Waals surface area contributed by atoms with Crippen molar-refractivity contribution in [1.29, 1.82) is 0 Å². The largest absolute Gasteiger partial charge is 0.506 e. The monoisotopic (exact) mass is 516 g/mol. The number of benzene rings is 4. The number of amides is 1. The zero-order chi connectivity index (χ0) is 25.9. The Balaban J connectivity index is 1.54. The molecule has 184 valence electrons. The van der Waals surface area contributed by atoms with Gasteiger partial charge in [0, 0.05) is 22.1 Å². The molecule has 0 atom stereocenters. The van der Waals surface area contributed by atoms with Gasteiger partial charge in [-0.1, -0.05) is 41.9 Å². The van der Waals surface area contributed by atoms with Gasteiger partial charge in [-0.25, -0.2) is 9.82 Å². The van der Waals surface area contributed by atoms with Gasteiger partial charge >= 0.3 is 6.18 Å². The average Bonchev–Trinajstić information content (AvgIpc) is 2.85. The lowest BCUT2D eigenvalue weighted by Crippen LogP contribution is -2.17. The van der Waals surface area contributed by atoms with E-state index in [-0.39, 0.29) is 21.9 Å². The molecule has 0 aromatic heterocycles. The molecule has 0 aliphatic heterocycles. The number of carbonyl (C=O) groups excluding carboxylic acids is 1. The summed E-state index contributed by atoms with van der Waals surface area (Å²) in [5.41, 5.74) is 1.88. The summed E-state index contributed by atoms with van der Waals surface area (Å²) in [5, 5.41) is 14.7. The molecule has 36 heavy (non-hydrogen) atoms. The van der Waals surface area contributed by atoms with E-state index in [4.69, 9.17) is 16.3 Å². The van der Waals surface area contributed by atoms with Crippen molar-refractivity contribution in [2.24, 2.45) is 5.10 Å². The van der Waals surface area contributed by atoms with Crippen LogP contribution in [0.5, 0.6) is 11.5 Å². The van der Waals surface area contributed by atoms with Crippen LogP contribution in [0, 0.1) is 5.82 Å². The molecule has 0 saturated heterocycles. The maximum absolute atomic E-state index is 13.4. The van der Waals surface area contributed by atoms with E-state index in [1.54, 1.807) is 36.4 Å². The Hall–Kier alpha value is -4.11. The number of halogens is 5. The number of nitrogens with one attached hydrogen (secondary N) is 1. The number of alkyl halides is 3. The van der Waals surface area contributed by atoms with E-state index < -0.39 is 30.1 Å². The third kappa shape index (κ3) is 5.58. The van der Waals surface area contributed by atoms with Gasteiger partial charge < -0.3 is 9.84 Å². The summed E-state index contributed by atoms with van der Waals surface area (Å²) in [5.74, 6) is -1.36. The molecule has 0 fully saturated rings. The Bertz CT molecular complexity index is 1470. The molecule has 4 rings (SSSR count). The first-order valence-corrected chi connectivity index (χ1v) is 10.8. The molecule has 0 bridgehead atoms. The number of hydrazone groups is 1. The summed E-state index contributed by atoms with van der Waals surface area (Å²) in [6.07, 6.45) is -3.31. The number of phenolic OH excluding ortho intramolecular Hbond substituents is 1. The number of carbonyl (C=O) groups is 1. The number of nitrogens with zero attached hydrogens (tertiary/aromatic N) is 1. The number of hydrogen-bond donors (Lipinski definition) is 2. The fourth-order valence-electron chi connectivity index (χ4n) is 3.50. The van der Waals surface area contributed by atoms with Crippen molar-refractivity contribution in [3.05, 3.63) is 106 Å². The predicted octanol–water partition coefficient (Wildman–Crippen LogP) is 6.70. The van der Waals surface area contributed by atoms with Gasteiger partial charge in [-0.2, -0.15) is 18.3 Å². The molecule has 1 amide bonds. The van der Waals surface area contributed by atoms with Crippen LogP contribution in [0.15, 0.2) is 77.9 Å². The van der Waals surface area contributed by atoms with Gasteiger partial charge in [-0.3, -0.25) is 4.79 Å². The molecule has 5 nitrogen and oxygen atoms in total. The third-order valence-corrected chi connectivity index (χ3v) is 5.56. The van der Waals surface area contributed by atoms with Crippen LogP contribution in [0.3, 0.4) is 0 Å². The molecule has 0 aliphatic rings. The third-order valence-electron chi connectivity index (χ3n) is 5.26. The SMILES string of the molecule is O=C(N/N=C/c1ccc(OCc2ccc(F)cc2C(F)(F)F)c2ccccc12)c1ccc(O)c(Cl)c1. The first kappa shape index (κ1) is 25.0. The zero-order valence-electron chi connectivity index (χ0n) is 18.3. The molecule has 0 heterocycles. The summed E-state index contributed by atoms with van der Waals surface area (Å²) < 4.78 is 59.0. The maximum Gasteiger partial charge on any atom is 0.416 e. The second-order valence-corrected chi connectivity index (χ2v) is 8.06. The molecule has 0 spiro atoms. The Kier molecular flexibility index (Phi) is 7.12. The number of phenols is 1. The van der Waals surface area contributed by atoms with Crippen LogP contribution in [0.4, 0.5) is 17.6 Å². The van der Waals surface area contributed by atoms with E-state index >= 15 is 0 Å². The first-order valence-electron chi connectivity index (χ1n) is 10.5. The fourth-order valence-corrected chi connectivity index (χ4v) is 3.68. The van der Waals surface area contributed by atoms with Crippen LogP contribution >= 0.6 is 11.6 Å². The summed E-state index contributed by atoms with van der Waals surface area (Å²) in [6.45, 7) is -0.419. The van der Waals surface area contributed by atoms with Crippen LogP contribution in [0.25, 0.3) is 10.8 Å². The molecule has 4 aromatic rings. The van der Waals surface area contributed by atoms with E-state index in [1.807, 2.05) is 0 Å². The molecule has 0 saturated carbocycles. The normalized spacial score (nSPS) is 11.7. The van der Waals surface area contributed by atoms with E-state index in [1.165, 1.54) is 24.4 Å². The molecule has 4 aromatic carbocycles. The van der Waals surface area contributed by atoms with Crippen molar-refractivity contribution >= 4 is 34.5 Å². The van der Waals surface area contributed by atoms with Gasteiger partial charge in [0.1, 0.15) is 23.9 Å². The average molecular weight is 517 g/mol. The number of hydrogen-bond acceptors (Lipinski definition) is 4. The van der Waals surface area contributed by atoms with Crippen LogP contribution < -0.4 is 10.2 Å². The summed E-state index contributed by atoms with van der Waals surface area (Å²) in [6, 6.07) is 16.6. The van der Waals surface area contributed by atoms with Crippen LogP contribution in [-0.2, 0) is 12.8 Å². The van der Waals surface area contributed by atoms with Crippen molar-refractivity contribution in [2.45, 2.75) is 12.8 Å². The fraction of sp³-hybridized carbons (Fsp3) is 0.0769. The summed E-state index contributed by atoms with van der Waals surface area (Å²) >= 11 is 5.82. The smallest absolute Gasteiger partial charge is 0.416 e. The lowest BCUT2D eigenvalue weighted by atomic mass is 10.0. The molecule has 10 heteroatoms. The predicted molar refractivity (Wildman–Crippen MR) is 128 cm³/mol. The van der Waals surface area contributed by atoms with Crippen LogP contribution in [0.2, 0.25) is 5.02 Å². The highest BCUT2D eigenvalue weighted by Gasteiger charge is 2.34. The summed E-state index contributed by atoms with van der Waals surface area (Å²) in [4.78, 5) is 12.3. The number of fused-ring (bicyclic) bond motifs is 1. The zero-order valence-corrected chi connectivity index (χ0v) is 19.1. The van der Waals surface area contributed by atoms with Crippen molar-refractivity contribution in [3.63, 3.8) is 0 Å². The molecule has 0 radical (unpaired) electrons. The highest BCUT2D eigenvalue weighted by molar-refractivity contribution is 6.32. The summed E-state index contributed by atoms with van der Waals surface area (Å²) in [7, 11) is 0. The molecule has 0 unspecified atom stereocenters. The van der Waals surface area contributed by atoms with E-state index in [9.17, 15) is 27.5 Å². The lowest BCUT2D eigenvalue weighted by molar-refractivity contribution is -0.138. The van der Waals surface area contributed by atoms with E-state index in [0.717, 1.165) is 12.1 Å². The maximum atomic E-state index is 13.4. The number of rotatable bonds is 6. The molecule has 0 aliphatic carbocycles. The van der Waals surface area contributed by atoms with E-state index in [0.29, 0.717) is 28.2 Å². The van der Waals surface area contributed by atoms with Gasteiger partial charge in [-0.05, 0) is 47.9 Å². The Morgan fingerprint density at radius 1 is 1.03 bits per heavy atom. The Morgan fingerprint density at radius 3 is 2.50 bits per heavy atom. The highest BCUT2D eigenvalue weighted by atomic mass is 35.5. The topological polar surface area (TPSA) is 70.9 Å². The van der Waals surface area contributed by atoms with Crippen molar-refractivity contribution in [3.8, 4) is 11.5 Å². The number of aromatic hydroxyl groups is 1. The first-order chi connectivity index (χ1) is 17.1. The van der Waals surface area contributed by atoms with Crippen molar-refractivity contribution < 1.29 is 32.2 Å². The van der Waals surface area contributed by atoms with Crippen LogP contribution in [-0.4, -0.2) is 17.2 Å². The second-order valence-electron chi connectivity index (χ2n) is 7.65. The van der Waals surface area contributed by atoms with Crippen molar-refractivity contribution in [1.82, 2.24) is 5.43 Å². The van der Waals surface area contributed by atoms with Crippen LogP contribution in [0.1, 0.15) is 27.0 Å². The van der Waals surface area contributed by atoms with Crippen molar-refractivity contribution in [2.75, 3.05) is 0 Å². The standard InChI is InChI=1S/C26H17ClF4N2O3/c27-22-11-15(6-9-23(22)34)25(35)33-32-13-16-7-10-24(20-4-2-1-3-19(16)20)36-14-17-5-8-18(28)12-21(17)26(29,30)31/h1-13,34H,14H2,(H,33,35)/b32-13+. The number of ether oxygens (including phenoxy) is 1. The van der Waals surface area contributed by atoms with Gasteiger partial charge in [0.25, 0.3) is 5.91 Å². The highest BCUT2D eigenvalue weighted by Crippen LogP contribution is 2.34. The van der Waals surface area contributed by atoms with Gasteiger partial charge in [0.15, 0.2) is 0 Å². The Labute approximate surface area is 207 Å².